The number of fused-ring (bicyclic) bond motifs is 1. The Morgan fingerprint density at radius 1 is 0.969 bits per heavy atom. The molecule has 8 heteroatoms. The summed E-state index contributed by atoms with van der Waals surface area (Å²) in [6.45, 7) is 3.66. The molecule has 1 atom stereocenters. The second-order valence-electron chi connectivity index (χ2n) is 7.71. The Balaban J connectivity index is 1.81. The van der Waals surface area contributed by atoms with Crippen molar-refractivity contribution < 1.29 is 8.78 Å². The Bertz CT molecular complexity index is 1400. The highest BCUT2D eigenvalue weighted by Gasteiger charge is 2.25. The third kappa shape index (κ3) is 3.24. The van der Waals surface area contributed by atoms with Crippen LogP contribution in [0.1, 0.15) is 28.8 Å². The number of imidazole rings is 1. The largest absolute Gasteiger partial charge is 0.315 e. The van der Waals surface area contributed by atoms with E-state index in [4.69, 9.17) is 0 Å². The average Bonchev–Trinajstić information content (AvgIpc) is 3.29. The summed E-state index contributed by atoms with van der Waals surface area (Å²) < 4.78 is 32.5. The molecule has 3 aromatic heterocycles. The first-order chi connectivity index (χ1) is 15.4. The zero-order valence-electron chi connectivity index (χ0n) is 17.8. The minimum atomic E-state index is -0.432. The zero-order valence-corrected chi connectivity index (χ0v) is 17.8. The fourth-order valence-corrected chi connectivity index (χ4v) is 4.22. The van der Waals surface area contributed by atoms with Crippen molar-refractivity contribution in [3.63, 3.8) is 0 Å². The van der Waals surface area contributed by atoms with Crippen LogP contribution in [0.15, 0.2) is 60.8 Å². The molecule has 2 aromatic carbocycles. The second kappa shape index (κ2) is 7.64. The van der Waals surface area contributed by atoms with E-state index in [2.05, 4.69) is 20.3 Å². The minimum absolute atomic E-state index is 0.266. The van der Waals surface area contributed by atoms with Gasteiger partial charge in [0, 0.05) is 18.8 Å². The van der Waals surface area contributed by atoms with Gasteiger partial charge >= 0.3 is 0 Å². The second-order valence-corrected chi connectivity index (χ2v) is 7.71. The van der Waals surface area contributed by atoms with E-state index >= 15 is 4.39 Å². The molecule has 5 aromatic rings. The summed E-state index contributed by atoms with van der Waals surface area (Å²) in [4.78, 5) is 9.06. The highest BCUT2D eigenvalue weighted by Crippen LogP contribution is 2.34. The van der Waals surface area contributed by atoms with Gasteiger partial charge < -0.3 is 4.57 Å². The first-order valence-corrected chi connectivity index (χ1v) is 10.1. The van der Waals surface area contributed by atoms with Gasteiger partial charge in [0.2, 0.25) is 0 Å². The van der Waals surface area contributed by atoms with Gasteiger partial charge in [0.25, 0.3) is 0 Å². The van der Waals surface area contributed by atoms with Gasteiger partial charge in [-0.05, 0) is 55.8 Å². The summed E-state index contributed by atoms with van der Waals surface area (Å²) in [5, 5.41) is 8.14. The minimum Gasteiger partial charge on any atom is -0.315 e. The molecule has 3 heterocycles. The number of nitrogens with zero attached hydrogens (tertiary/aromatic N) is 6. The van der Waals surface area contributed by atoms with Crippen molar-refractivity contribution in [2.75, 3.05) is 0 Å². The van der Waals surface area contributed by atoms with E-state index in [1.54, 1.807) is 30.1 Å². The van der Waals surface area contributed by atoms with E-state index < -0.39 is 11.9 Å². The summed E-state index contributed by atoms with van der Waals surface area (Å²) in [5.41, 5.74) is 4.52. The van der Waals surface area contributed by atoms with Crippen LogP contribution in [0.25, 0.3) is 22.3 Å². The fraction of sp³-hybridized carbons (Fsp3) is 0.167. The van der Waals surface area contributed by atoms with E-state index in [0.29, 0.717) is 22.6 Å². The molecule has 6 nitrogen and oxygen atoms in total. The summed E-state index contributed by atoms with van der Waals surface area (Å²) in [7, 11) is 1.77. The van der Waals surface area contributed by atoms with Crippen molar-refractivity contribution in [2.24, 2.45) is 7.05 Å². The summed E-state index contributed by atoms with van der Waals surface area (Å²) in [6, 6.07) is 14.8. The molecule has 0 saturated carbocycles. The van der Waals surface area contributed by atoms with Crippen molar-refractivity contribution in [1.29, 1.82) is 0 Å². The number of hydrogen-bond donors (Lipinski definition) is 0. The third-order valence-corrected chi connectivity index (χ3v) is 5.61. The number of benzene rings is 2. The monoisotopic (exact) mass is 430 g/mol. The van der Waals surface area contributed by atoms with Crippen molar-refractivity contribution in [1.82, 2.24) is 29.5 Å². The van der Waals surface area contributed by atoms with Gasteiger partial charge in [-0.15, -0.1) is 5.10 Å². The molecule has 0 saturated heterocycles. The molecule has 0 fully saturated rings. The van der Waals surface area contributed by atoms with Crippen LogP contribution in [0.4, 0.5) is 8.78 Å². The lowest BCUT2D eigenvalue weighted by atomic mass is 10.0. The van der Waals surface area contributed by atoms with Gasteiger partial charge in [-0.1, -0.05) is 23.4 Å². The average molecular weight is 430 g/mol. The molecule has 0 unspecified atom stereocenters. The van der Waals surface area contributed by atoms with Crippen molar-refractivity contribution >= 4 is 11.0 Å². The molecule has 0 aliphatic rings. The van der Waals surface area contributed by atoms with Gasteiger partial charge in [-0.3, -0.25) is 4.98 Å². The van der Waals surface area contributed by atoms with Crippen LogP contribution in [0, 0.1) is 25.5 Å². The number of pyridine rings is 1. The molecular formula is C24H20F2N6. The van der Waals surface area contributed by atoms with Crippen LogP contribution in [0.3, 0.4) is 0 Å². The van der Waals surface area contributed by atoms with Gasteiger partial charge in [-0.25, -0.2) is 18.4 Å². The van der Waals surface area contributed by atoms with Gasteiger partial charge in [0.05, 0.1) is 22.6 Å². The van der Waals surface area contributed by atoms with Gasteiger partial charge in [0.1, 0.15) is 23.2 Å². The van der Waals surface area contributed by atoms with Crippen molar-refractivity contribution in [3.05, 3.63) is 95.2 Å². The summed E-state index contributed by atoms with van der Waals surface area (Å²) in [5.74, 6) is -0.136. The van der Waals surface area contributed by atoms with E-state index in [0.717, 1.165) is 17.0 Å². The fourth-order valence-electron chi connectivity index (χ4n) is 4.22. The Morgan fingerprint density at radius 2 is 1.75 bits per heavy atom. The standard InChI is InChI=1S/C24H20F2N6/c1-14-23(31(3)30-29-14)17-12-19(26)22-21(13-17)32(15(2)28-22)24(20-6-4-5-11-27-20)16-7-9-18(25)10-8-16/h4-13,24H,1-3H3/t24-/m0/s1. The zero-order chi connectivity index (χ0) is 22.4. The molecule has 0 bridgehead atoms. The first-order valence-electron chi connectivity index (χ1n) is 10.1. The van der Waals surface area contributed by atoms with Gasteiger partial charge in [-0.2, -0.15) is 0 Å². The number of aryl methyl sites for hydroxylation is 3. The predicted octanol–water partition coefficient (Wildman–Crippen LogP) is 4.76. The number of hydrogen-bond acceptors (Lipinski definition) is 4. The van der Waals surface area contributed by atoms with Crippen LogP contribution in [0.5, 0.6) is 0 Å². The van der Waals surface area contributed by atoms with Crippen LogP contribution >= 0.6 is 0 Å². The van der Waals surface area contributed by atoms with E-state index in [1.165, 1.54) is 18.2 Å². The summed E-state index contributed by atoms with van der Waals surface area (Å²) in [6.07, 6.45) is 1.71. The normalized spacial score (nSPS) is 12.4. The smallest absolute Gasteiger partial charge is 0.151 e. The lowest BCUT2D eigenvalue weighted by Crippen LogP contribution is -2.15. The summed E-state index contributed by atoms with van der Waals surface area (Å²) >= 11 is 0. The van der Waals surface area contributed by atoms with E-state index in [1.807, 2.05) is 42.7 Å². The Labute approximate surface area is 183 Å². The Hall–Kier alpha value is -3.94. The first kappa shape index (κ1) is 20.0. The van der Waals surface area contributed by atoms with E-state index in [9.17, 15) is 4.39 Å². The molecule has 160 valence electrons. The molecule has 0 aliphatic carbocycles. The van der Waals surface area contributed by atoms with Crippen molar-refractivity contribution in [3.8, 4) is 11.3 Å². The predicted molar refractivity (Wildman–Crippen MR) is 117 cm³/mol. The number of rotatable bonds is 4. The highest BCUT2D eigenvalue weighted by molar-refractivity contribution is 5.83. The molecule has 0 spiro atoms. The van der Waals surface area contributed by atoms with Crippen LogP contribution < -0.4 is 0 Å². The highest BCUT2D eigenvalue weighted by atomic mass is 19.1. The maximum atomic E-state index is 15.2. The molecule has 0 radical (unpaired) electrons. The molecule has 0 amide bonds. The van der Waals surface area contributed by atoms with Crippen LogP contribution in [-0.4, -0.2) is 29.5 Å². The Morgan fingerprint density at radius 3 is 2.41 bits per heavy atom. The quantitative estimate of drug-likeness (QED) is 0.413. The van der Waals surface area contributed by atoms with Crippen LogP contribution in [-0.2, 0) is 7.05 Å². The SMILES string of the molecule is Cc1nnn(C)c1-c1cc(F)c2nc(C)n([C@@H](c3ccc(F)cc3)c3ccccn3)c2c1. The number of halogens is 2. The Kier molecular flexibility index (Phi) is 4.77. The number of aromatic nitrogens is 6. The maximum absolute atomic E-state index is 15.2. The molecule has 0 aliphatic heterocycles. The molecule has 32 heavy (non-hydrogen) atoms. The van der Waals surface area contributed by atoms with E-state index in [-0.39, 0.29) is 11.3 Å². The van der Waals surface area contributed by atoms with Crippen molar-refractivity contribution in [2.45, 2.75) is 19.9 Å². The molecule has 5 rings (SSSR count). The lowest BCUT2D eigenvalue weighted by molar-refractivity contribution is 0.620. The molecular weight excluding hydrogens is 410 g/mol. The van der Waals surface area contributed by atoms with Crippen LogP contribution in [0.2, 0.25) is 0 Å². The maximum Gasteiger partial charge on any atom is 0.151 e. The topological polar surface area (TPSA) is 61.4 Å². The third-order valence-electron chi connectivity index (χ3n) is 5.61. The van der Waals surface area contributed by atoms with Gasteiger partial charge in [0.15, 0.2) is 5.82 Å². The molecule has 0 N–H and O–H groups in total. The lowest BCUT2D eigenvalue weighted by Gasteiger charge is -2.21.